The zero-order chi connectivity index (χ0) is 18.4. The molecule has 2 aromatic rings. The largest absolute Gasteiger partial charge is 0.495 e. The summed E-state index contributed by atoms with van der Waals surface area (Å²) in [5.41, 5.74) is 2.33. The molecule has 1 saturated heterocycles. The quantitative estimate of drug-likeness (QED) is 0.633. The molecule has 1 unspecified atom stereocenters. The van der Waals surface area contributed by atoms with Crippen LogP contribution in [0.15, 0.2) is 51.4 Å². The third-order valence-electron chi connectivity index (χ3n) is 4.60. The van der Waals surface area contributed by atoms with Gasteiger partial charge in [0.15, 0.2) is 0 Å². The van der Waals surface area contributed by atoms with Crippen LogP contribution in [0.5, 0.6) is 5.75 Å². The molecule has 0 saturated carbocycles. The molecule has 140 valence electrons. The van der Waals surface area contributed by atoms with Gasteiger partial charge in [-0.2, -0.15) is 0 Å². The number of hydrogen-bond donors (Lipinski definition) is 1. The predicted octanol–water partition coefficient (Wildman–Crippen LogP) is 4.38. The highest BCUT2D eigenvalue weighted by Gasteiger charge is 2.22. The maximum absolute atomic E-state index is 6.16. The summed E-state index contributed by atoms with van der Waals surface area (Å²) in [4.78, 5) is 2.50. The average molecular weight is 484 g/mol. The van der Waals surface area contributed by atoms with Crippen LogP contribution in [-0.2, 0) is 11.3 Å². The van der Waals surface area contributed by atoms with Crippen molar-refractivity contribution in [2.75, 3.05) is 39.9 Å². The molecule has 4 nitrogen and oxygen atoms in total. The molecule has 0 bridgehead atoms. The molecule has 1 fully saturated rings. The second-order valence-electron chi connectivity index (χ2n) is 6.31. The molecule has 0 amide bonds. The topological polar surface area (TPSA) is 33.7 Å². The lowest BCUT2D eigenvalue weighted by atomic mass is 10.1. The number of nitrogens with one attached hydrogen (secondary N) is 1. The van der Waals surface area contributed by atoms with E-state index in [1.54, 1.807) is 7.11 Å². The van der Waals surface area contributed by atoms with Crippen LogP contribution in [0.3, 0.4) is 0 Å². The summed E-state index contributed by atoms with van der Waals surface area (Å²) in [5.74, 6) is 0.826. The lowest BCUT2D eigenvalue weighted by Crippen LogP contribution is -2.46. The monoisotopic (exact) mass is 482 g/mol. The Morgan fingerprint density at radius 2 is 1.85 bits per heavy atom. The van der Waals surface area contributed by atoms with E-state index in [1.807, 2.05) is 12.1 Å². The number of benzene rings is 2. The van der Waals surface area contributed by atoms with Gasteiger partial charge in [0.1, 0.15) is 5.75 Å². The maximum Gasteiger partial charge on any atom is 0.138 e. The Morgan fingerprint density at radius 1 is 1.12 bits per heavy atom. The number of halogens is 2. The lowest BCUT2D eigenvalue weighted by Gasteiger charge is -2.35. The summed E-state index contributed by atoms with van der Waals surface area (Å²) in [5, 5.41) is 3.42. The lowest BCUT2D eigenvalue weighted by molar-refractivity contribution is 0.0434. The molecule has 6 heteroatoms. The van der Waals surface area contributed by atoms with E-state index >= 15 is 0 Å². The van der Waals surface area contributed by atoms with Crippen molar-refractivity contribution in [2.24, 2.45) is 0 Å². The minimum atomic E-state index is 0.264. The Labute approximate surface area is 172 Å². The number of nitrogens with zero attached hydrogens (tertiary/aromatic N) is 1. The van der Waals surface area contributed by atoms with Gasteiger partial charge in [-0.1, -0.05) is 46.3 Å². The highest BCUT2D eigenvalue weighted by Crippen LogP contribution is 2.33. The molecule has 1 heterocycles. The SMILES string of the molecule is COc1c(Br)cc(Br)cc1COCC(c1ccccc1)N1CCNCC1. The summed E-state index contributed by atoms with van der Waals surface area (Å²) in [6.07, 6.45) is 0. The van der Waals surface area contributed by atoms with Crippen molar-refractivity contribution in [3.63, 3.8) is 0 Å². The van der Waals surface area contributed by atoms with Crippen LogP contribution in [0.2, 0.25) is 0 Å². The van der Waals surface area contributed by atoms with Gasteiger partial charge < -0.3 is 14.8 Å². The van der Waals surface area contributed by atoms with Gasteiger partial charge in [-0.25, -0.2) is 0 Å². The normalized spacial score (nSPS) is 16.4. The first-order chi connectivity index (χ1) is 12.7. The fourth-order valence-corrected chi connectivity index (χ4v) is 4.79. The van der Waals surface area contributed by atoms with Crippen LogP contribution in [0, 0.1) is 0 Å². The first-order valence-corrected chi connectivity index (χ1v) is 10.4. The molecule has 26 heavy (non-hydrogen) atoms. The zero-order valence-corrected chi connectivity index (χ0v) is 18.1. The molecular weight excluding hydrogens is 460 g/mol. The van der Waals surface area contributed by atoms with E-state index in [9.17, 15) is 0 Å². The van der Waals surface area contributed by atoms with Crippen LogP contribution >= 0.6 is 31.9 Å². The second kappa shape index (κ2) is 9.85. The Kier molecular flexibility index (Phi) is 7.52. The molecule has 1 aliphatic rings. The van der Waals surface area contributed by atoms with Gasteiger partial charge in [-0.15, -0.1) is 0 Å². The molecule has 3 rings (SSSR count). The molecule has 0 radical (unpaired) electrons. The van der Waals surface area contributed by atoms with Crippen molar-refractivity contribution in [1.82, 2.24) is 10.2 Å². The van der Waals surface area contributed by atoms with Gasteiger partial charge in [-0.3, -0.25) is 4.90 Å². The minimum Gasteiger partial charge on any atom is -0.495 e. The van der Waals surface area contributed by atoms with Crippen molar-refractivity contribution >= 4 is 31.9 Å². The molecule has 1 atom stereocenters. The van der Waals surface area contributed by atoms with Gasteiger partial charge in [0.05, 0.1) is 30.8 Å². The smallest absolute Gasteiger partial charge is 0.138 e. The first-order valence-electron chi connectivity index (χ1n) is 8.78. The average Bonchev–Trinajstić information content (AvgIpc) is 2.66. The van der Waals surface area contributed by atoms with Crippen molar-refractivity contribution < 1.29 is 9.47 Å². The standard InChI is InChI=1S/C20H24Br2N2O2/c1-25-20-16(11-17(21)12-18(20)22)13-26-14-19(15-5-3-2-4-6-15)24-9-7-23-8-10-24/h2-6,11-12,19,23H,7-10,13-14H2,1H3. The molecule has 0 spiro atoms. The Balaban J connectivity index is 1.70. The highest BCUT2D eigenvalue weighted by atomic mass is 79.9. The predicted molar refractivity (Wildman–Crippen MR) is 112 cm³/mol. The number of hydrogen-bond acceptors (Lipinski definition) is 4. The molecule has 2 aromatic carbocycles. The van der Waals surface area contributed by atoms with Crippen LogP contribution in [0.1, 0.15) is 17.2 Å². The summed E-state index contributed by atoms with van der Waals surface area (Å²) in [6.45, 7) is 5.28. The fraction of sp³-hybridized carbons (Fsp3) is 0.400. The van der Waals surface area contributed by atoms with Gasteiger partial charge in [-0.05, 0) is 33.6 Å². The first kappa shape index (κ1) is 19.8. The van der Waals surface area contributed by atoms with Gasteiger partial charge in [0, 0.05) is 36.2 Å². The Bertz CT molecular complexity index is 706. The number of rotatable bonds is 7. The van der Waals surface area contributed by atoms with E-state index in [2.05, 4.69) is 72.4 Å². The third-order valence-corrected chi connectivity index (χ3v) is 5.65. The minimum absolute atomic E-state index is 0.264. The van der Waals surface area contributed by atoms with E-state index in [1.165, 1.54) is 5.56 Å². The van der Waals surface area contributed by atoms with Gasteiger partial charge >= 0.3 is 0 Å². The van der Waals surface area contributed by atoms with E-state index in [0.717, 1.165) is 46.4 Å². The number of methoxy groups -OCH3 is 1. The molecule has 0 aromatic heterocycles. The zero-order valence-electron chi connectivity index (χ0n) is 14.9. The van der Waals surface area contributed by atoms with E-state index in [-0.39, 0.29) is 6.04 Å². The Morgan fingerprint density at radius 3 is 2.54 bits per heavy atom. The van der Waals surface area contributed by atoms with Crippen molar-refractivity contribution in [1.29, 1.82) is 0 Å². The molecule has 1 aliphatic heterocycles. The summed E-state index contributed by atoms with van der Waals surface area (Å²) in [7, 11) is 1.69. The second-order valence-corrected chi connectivity index (χ2v) is 8.08. The molecule has 1 N–H and O–H groups in total. The van der Waals surface area contributed by atoms with Crippen molar-refractivity contribution in [3.8, 4) is 5.75 Å². The van der Waals surface area contributed by atoms with Crippen LogP contribution in [0.4, 0.5) is 0 Å². The third kappa shape index (κ3) is 5.08. The summed E-state index contributed by atoms with van der Waals surface area (Å²) >= 11 is 7.09. The Hall–Kier alpha value is -0.920. The van der Waals surface area contributed by atoms with Crippen LogP contribution in [-0.4, -0.2) is 44.8 Å². The number of piperazine rings is 1. The summed E-state index contributed by atoms with van der Waals surface area (Å²) < 4.78 is 13.6. The van der Waals surface area contributed by atoms with E-state index < -0.39 is 0 Å². The fourth-order valence-electron chi connectivity index (χ4n) is 3.31. The maximum atomic E-state index is 6.16. The van der Waals surface area contributed by atoms with Crippen LogP contribution in [0.25, 0.3) is 0 Å². The number of ether oxygens (including phenoxy) is 2. The summed E-state index contributed by atoms with van der Waals surface area (Å²) in [6, 6.07) is 14.9. The van der Waals surface area contributed by atoms with Crippen molar-refractivity contribution in [3.05, 3.63) is 62.5 Å². The van der Waals surface area contributed by atoms with E-state index in [0.29, 0.717) is 13.2 Å². The van der Waals surface area contributed by atoms with Crippen LogP contribution < -0.4 is 10.1 Å². The van der Waals surface area contributed by atoms with Crippen molar-refractivity contribution in [2.45, 2.75) is 12.6 Å². The molecule has 0 aliphatic carbocycles. The highest BCUT2D eigenvalue weighted by molar-refractivity contribution is 9.11. The molecular formula is C20H24Br2N2O2. The van der Waals surface area contributed by atoms with E-state index in [4.69, 9.17) is 9.47 Å². The van der Waals surface area contributed by atoms with Gasteiger partial charge in [0.2, 0.25) is 0 Å². The van der Waals surface area contributed by atoms with Gasteiger partial charge in [0.25, 0.3) is 0 Å².